The Labute approximate surface area is 423 Å². The molecule has 3 aromatic rings. The summed E-state index contributed by atoms with van der Waals surface area (Å²) in [6.07, 6.45) is 1.15. The number of nitrogens with one attached hydrogen (secondary N) is 3. The number of carboxylic acid groups (broad SMARTS) is 4. The summed E-state index contributed by atoms with van der Waals surface area (Å²) >= 11 is 0. The van der Waals surface area contributed by atoms with Crippen LogP contribution in [0, 0.1) is 6.92 Å². The fraction of sp³-hybridized carbons (Fsp3) is 0.531. The highest BCUT2D eigenvalue weighted by atomic mass is 16.5. The van der Waals surface area contributed by atoms with Gasteiger partial charge in [-0.05, 0) is 44.5 Å². The van der Waals surface area contributed by atoms with Gasteiger partial charge in [-0.25, -0.2) is 4.79 Å². The molecule has 24 nitrogen and oxygen atoms in total. The van der Waals surface area contributed by atoms with Crippen molar-refractivity contribution in [3.63, 3.8) is 0 Å². The van der Waals surface area contributed by atoms with E-state index in [2.05, 4.69) is 16.0 Å². The number of hydrogen-bond donors (Lipinski definition) is 7. The fourth-order valence-electron chi connectivity index (χ4n) is 7.87. The van der Waals surface area contributed by atoms with Crippen molar-refractivity contribution in [2.45, 2.75) is 39.8 Å². The van der Waals surface area contributed by atoms with Crippen molar-refractivity contribution in [3.05, 3.63) is 81.8 Å². The second-order valence-electron chi connectivity index (χ2n) is 17.0. The molecule has 0 spiro atoms. The van der Waals surface area contributed by atoms with Gasteiger partial charge in [0.05, 0.1) is 84.8 Å². The second-order valence-corrected chi connectivity index (χ2v) is 17.0. The Balaban J connectivity index is 1.31. The molecule has 0 unspecified atom stereocenters. The highest BCUT2D eigenvalue weighted by Gasteiger charge is 2.24. The zero-order valence-corrected chi connectivity index (χ0v) is 41.8. The topological polar surface area (TPSA) is 301 Å². The maximum atomic E-state index is 14.2. The zero-order valence-electron chi connectivity index (χ0n) is 41.8. The molecule has 0 radical (unpaired) electrons. The molecule has 2 aromatic carbocycles. The number of amides is 3. The van der Waals surface area contributed by atoms with Crippen LogP contribution < -0.4 is 35.7 Å². The molecule has 1 aliphatic rings. The summed E-state index contributed by atoms with van der Waals surface area (Å²) in [6, 6.07) is 12.1. The first kappa shape index (κ1) is 58.7. The molecule has 24 heteroatoms. The Bertz CT molecular complexity index is 2300. The Morgan fingerprint density at radius 2 is 1.19 bits per heavy atom. The number of hydrogen-bond acceptors (Lipinski definition) is 16. The number of para-hydroxylation sites is 1. The molecule has 4 rings (SSSR count). The minimum atomic E-state index is -1.16. The van der Waals surface area contributed by atoms with Gasteiger partial charge in [-0.2, -0.15) is 0 Å². The minimum Gasteiger partial charge on any atom is -0.494 e. The molecule has 0 bridgehead atoms. The predicted molar refractivity (Wildman–Crippen MR) is 266 cm³/mol. The summed E-state index contributed by atoms with van der Waals surface area (Å²) in [5, 5.41) is 46.2. The van der Waals surface area contributed by atoms with E-state index in [0.717, 1.165) is 5.56 Å². The molecule has 1 aliphatic heterocycles. The Kier molecular flexibility index (Phi) is 25.4. The standard InChI is InChI=1S/C49H70N8O16/c1-4-71-38-11-8-10-36(27-38)39(28-42(59)60)51-49(68)52-46-47(35(3)29-57(48(46)67)30-37-9-6-7-12-40(37)72-5-2)73-26-25-70-24-23-69-22-13-50-41(58)31-53-14-16-54(32-43(61)62)18-20-56(34-45(65)66)21-19-55(17-15-53)33-44(63)64/h6-12,27,29,39H,4-5,13-26,28,30-34H2,1-3H3,(H,50,58)(H,59,60)(H,61,62)(H,63,64)(H,65,66)(H2,51,52,68)/t39-/m0/s1. The first-order valence-corrected chi connectivity index (χ1v) is 24.1. The Morgan fingerprint density at radius 3 is 1.75 bits per heavy atom. The summed E-state index contributed by atoms with van der Waals surface area (Å²) in [4.78, 5) is 94.2. The average molecular weight is 1030 g/mol. The van der Waals surface area contributed by atoms with Crippen LogP contribution in [0.15, 0.2) is 59.5 Å². The number of aryl methyl sites for hydroxylation is 1. The van der Waals surface area contributed by atoms with Crippen molar-refractivity contribution >= 4 is 41.5 Å². The van der Waals surface area contributed by atoms with E-state index in [9.17, 15) is 54.0 Å². The average Bonchev–Trinajstić information content (AvgIpc) is 3.32. The number of nitrogens with zero attached hydrogens (tertiary/aromatic N) is 5. The number of rotatable bonds is 29. The van der Waals surface area contributed by atoms with Crippen LogP contribution in [0.1, 0.15) is 43.0 Å². The normalized spacial score (nSPS) is 14.7. The molecule has 1 atom stereocenters. The molecule has 1 aromatic heterocycles. The second kappa shape index (κ2) is 31.6. The SMILES string of the molecule is CCOc1cccc([C@H](CC(=O)O)NC(=O)Nc2c(OCCOCCOCCNC(=O)CN3CCN(CC(=O)O)CCN(CC(=O)O)CCN(CC(=O)O)CC3)c(C)cn(Cc3ccccc3OCC)c2=O)c1. The number of pyridine rings is 1. The van der Waals surface area contributed by atoms with E-state index in [1.165, 1.54) is 4.57 Å². The van der Waals surface area contributed by atoms with Gasteiger partial charge in [0.2, 0.25) is 5.91 Å². The van der Waals surface area contributed by atoms with Gasteiger partial charge < -0.3 is 64.6 Å². The summed E-state index contributed by atoms with van der Waals surface area (Å²) in [7, 11) is 0. The third-order valence-corrected chi connectivity index (χ3v) is 11.3. The lowest BCUT2D eigenvalue weighted by Gasteiger charge is -2.32. The molecule has 402 valence electrons. The number of carbonyl (C=O) groups is 6. The molecule has 2 heterocycles. The molecule has 7 N–H and O–H groups in total. The highest BCUT2D eigenvalue weighted by Crippen LogP contribution is 2.28. The number of benzene rings is 2. The smallest absolute Gasteiger partial charge is 0.319 e. The summed E-state index contributed by atoms with van der Waals surface area (Å²) in [6.45, 7) is 8.31. The minimum absolute atomic E-state index is 0.0303. The van der Waals surface area contributed by atoms with Gasteiger partial charge in [0.1, 0.15) is 18.1 Å². The molecule has 73 heavy (non-hydrogen) atoms. The third kappa shape index (κ3) is 21.8. The first-order valence-electron chi connectivity index (χ1n) is 24.1. The van der Waals surface area contributed by atoms with E-state index in [-0.39, 0.29) is 129 Å². The molecular weight excluding hydrogens is 957 g/mol. The molecule has 0 saturated carbocycles. The van der Waals surface area contributed by atoms with E-state index < -0.39 is 47.9 Å². The van der Waals surface area contributed by atoms with Crippen LogP contribution >= 0.6 is 0 Å². The van der Waals surface area contributed by atoms with Crippen molar-refractivity contribution in [2.75, 3.05) is 137 Å². The number of carbonyl (C=O) groups excluding carboxylic acids is 2. The number of aliphatic carboxylic acids is 4. The largest absolute Gasteiger partial charge is 0.494 e. The summed E-state index contributed by atoms with van der Waals surface area (Å²) < 4.78 is 30.2. The lowest BCUT2D eigenvalue weighted by molar-refractivity contribution is -0.140. The van der Waals surface area contributed by atoms with Crippen molar-refractivity contribution in [1.82, 2.24) is 34.8 Å². The van der Waals surface area contributed by atoms with Crippen LogP contribution in [-0.2, 0) is 40.0 Å². The maximum absolute atomic E-state index is 14.2. The predicted octanol–water partition coefficient (Wildman–Crippen LogP) is 1.34. The summed E-state index contributed by atoms with van der Waals surface area (Å²) in [5.74, 6) is -3.44. The monoisotopic (exact) mass is 1030 g/mol. The van der Waals surface area contributed by atoms with E-state index >= 15 is 0 Å². The molecule has 1 saturated heterocycles. The first-order chi connectivity index (χ1) is 35.0. The maximum Gasteiger partial charge on any atom is 0.319 e. The van der Waals surface area contributed by atoms with E-state index in [4.69, 9.17) is 23.7 Å². The number of anilines is 1. The van der Waals surface area contributed by atoms with Gasteiger partial charge in [-0.3, -0.25) is 48.4 Å². The van der Waals surface area contributed by atoms with Crippen LogP contribution in [0.3, 0.4) is 0 Å². The Hall–Kier alpha value is -6.83. The lowest BCUT2D eigenvalue weighted by atomic mass is 10.0. The quantitative estimate of drug-likeness (QED) is 0.0483. The van der Waals surface area contributed by atoms with Crippen LogP contribution in [-0.4, -0.2) is 212 Å². The van der Waals surface area contributed by atoms with Gasteiger partial charge in [0.15, 0.2) is 11.4 Å². The van der Waals surface area contributed by atoms with Crippen LogP contribution in [0.5, 0.6) is 17.2 Å². The van der Waals surface area contributed by atoms with Crippen LogP contribution in [0.2, 0.25) is 0 Å². The number of carboxylic acids is 4. The Morgan fingerprint density at radius 1 is 0.644 bits per heavy atom. The van der Waals surface area contributed by atoms with E-state index in [0.29, 0.717) is 48.9 Å². The van der Waals surface area contributed by atoms with Gasteiger partial charge in [0.25, 0.3) is 5.56 Å². The number of ether oxygens (including phenoxy) is 5. The van der Waals surface area contributed by atoms with Crippen LogP contribution in [0.4, 0.5) is 10.5 Å². The van der Waals surface area contributed by atoms with Crippen molar-refractivity contribution in [3.8, 4) is 17.2 Å². The lowest BCUT2D eigenvalue weighted by Crippen LogP contribution is -2.50. The van der Waals surface area contributed by atoms with Gasteiger partial charge in [-0.15, -0.1) is 0 Å². The van der Waals surface area contributed by atoms with Crippen molar-refractivity contribution < 1.29 is 72.9 Å². The molecule has 0 aliphatic carbocycles. The molecule has 3 amide bonds. The van der Waals surface area contributed by atoms with Gasteiger partial charge in [0, 0.05) is 76.2 Å². The van der Waals surface area contributed by atoms with Gasteiger partial charge >= 0.3 is 29.9 Å². The van der Waals surface area contributed by atoms with Crippen LogP contribution in [0.25, 0.3) is 0 Å². The molecule has 1 fully saturated rings. The zero-order chi connectivity index (χ0) is 53.1. The number of urea groups is 1. The fourth-order valence-corrected chi connectivity index (χ4v) is 7.87. The number of aromatic nitrogens is 1. The van der Waals surface area contributed by atoms with Crippen molar-refractivity contribution in [1.29, 1.82) is 0 Å². The summed E-state index contributed by atoms with van der Waals surface area (Å²) in [5.41, 5.74) is 0.944. The molecular formula is C49H70N8O16. The third-order valence-electron chi connectivity index (χ3n) is 11.3. The highest BCUT2D eigenvalue weighted by molar-refractivity contribution is 5.91. The van der Waals surface area contributed by atoms with Gasteiger partial charge in [-0.1, -0.05) is 30.3 Å². The van der Waals surface area contributed by atoms with Crippen molar-refractivity contribution in [2.24, 2.45) is 0 Å². The van der Waals surface area contributed by atoms with E-state index in [1.807, 2.05) is 36.9 Å². The van der Waals surface area contributed by atoms with E-state index in [1.54, 1.807) is 58.2 Å².